The Hall–Kier alpha value is -0.680. The Morgan fingerprint density at radius 2 is 1.61 bits per heavy atom. The van der Waals surface area contributed by atoms with Gasteiger partial charge in [-0.2, -0.15) is 5.10 Å². The standard InChI is InChI=1S/C13H26N4S/c1-9(2)12-14-15-13(18)17(12)8-7-16(10(3)4)11(5)6/h9-11H,7-8H2,1-6H3,(H,15,18). The fourth-order valence-corrected chi connectivity index (χ4v) is 2.65. The number of hydrogen-bond donors (Lipinski definition) is 1. The smallest absolute Gasteiger partial charge is 0.134 e. The van der Waals surface area contributed by atoms with Gasteiger partial charge in [-0.05, 0) is 27.7 Å². The number of aromatic nitrogens is 3. The molecular weight excluding hydrogens is 244 g/mol. The molecule has 0 spiro atoms. The quantitative estimate of drug-likeness (QED) is 0.784. The predicted octanol–water partition coefficient (Wildman–Crippen LogP) is 1.01. The van der Waals surface area contributed by atoms with Crippen LogP contribution in [0.2, 0.25) is 0 Å². The maximum Gasteiger partial charge on any atom is 0.134 e. The van der Waals surface area contributed by atoms with Crippen molar-refractivity contribution >= 4 is 12.6 Å². The van der Waals surface area contributed by atoms with E-state index in [4.69, 9.17) is 12.6 Å². The molecule has 0 amide bonds. The molecule has 0 atom stereocenters. The van der Waals surface area contributed by atoms with Crippen LogP contribution in [0.3, 0.4) is 0 Å². The van der Waals surface area contributed by atoms with Gasteiger partial charge in [-0.1, -0.05) is 13.8 Å². The molecule has 0 aromatic carbocycles. The second-order valence-electron chi connectivity index (χ2n) is 5.78. The average molecular weight is 270 g/mol. The van der Waals surface area contributed by atoms with Crippen LogP contribution in [0.5, 0.6) is 0 Å². The van der Waals surface area contributed by atoms with Crippen LogP contribution >= 0.6 is 0 Å². The molecule has 0 fully saturated rings. The van der Waals surface area contributed by atoms with E-state index in [2.05, 4.69) is 56.3 Å². The van der Waals surface area contributed by atoms with Crippen LogP contribution in [-0.4, -0.2) is 33.4 Å². The second-order valence-corrected chi connectivity index (χ2v) is 6.15. The second kappa shape index (κ2) is 6.48. The molecule has 0 unspecified atom stereocenters. The summed E-state index contributed by atoms with van der Waals surface area (Å²) in [5.74, 6) is 1.38. The van der Waals surface area contributed by atoms with Crippen molar-refractivity contribution in [3.8, 4) is 0 Å². The highest BCUT2D eigenvalue weighted by molar-refractivity contribution is 7.58. The van der Waals surface area contributed by atoms with Gasteiger partial charge in [-0.15, -0.1) is 5.10 Å². The third-order valence-corrected chi connectivity index (χ3v) is 3.67. The van der Waals surface area contributed by atoms with Crippen LogP contribution in [0, 0.1) is 0 Å². The Bertz CT molecular complexity index is 363. The first-order valence-corrected chi connectivity index (χ1v) is 7.21. The lowest BCUT2D eigenvalue weighted by atomic mass is 10.2. The lowest BCUT2D eigenvalue weighted by molar-refractivity contribution is -0.942. The summed E-state index contributed by atoms with van der Waals surface area (Å²) in [5, 5.41) is 8.82. The number of nitrogens with one attached hydrogen (secondary N) is 1. The highest BCUT2D eigenvalue weighted by Gasteiger charge is 2.18. The van der Waals surface area contributed by atoms with Crippen molar-refractivity contribution in [1.82, 2.24) is 14.8 Å². The first-order chi connectivity index (χ1) is 8.34. The van der Waals surface area contributed by atoms with E-state index < -0.39 is 0 Å². The van der Waals surface area contributed by atoms with Gasteiger partial charge in [0.25, 0.3) is 0 Å². The van der Waals surface area contributed by atoms with Gasteiger partial charge in [-0.3, -0.25) is 0 Å². The summed E-state index contributed by atoms with van der Waals surface area (Å²) in [4.78, 5) is 1.59. The van der Waals surface area contributed by atoms with E-state index in [0.29, 0.717) is 23.2 Å². The van der Waals surface area contributed by atoms with Gasteiger partial charge in [-0.25, -0.2) is 0 Å². The summed E-state index contributed by atoms with van der Waals surface area (Å²) < 4.78 is 2.09. The van der Waals surface area contributed by atoms with Crippen LogP contribution in [-0.2, 0) is 19.2 Å². The van der Waals surface area contributed by atoms with Crippen molar-refractivity contribution in [3.63, 3.8) is 0 Å². The summed E-state index contributed by atoms with van der Waals surface area (Å²) in [6, 6.07) is 1.25. The van der Waals surface area contributed by atoms with Gasteiger partial charge in [0.05, 0.1) is 25.2 Å². The van der Waals surface area contributed by atoms with Crippen molar-refractivity contribution in [2.45, 2.75) is 71.2 Å². The minimum atomic E-state index is 0.371. The SMILES string of the molecule is CC(C)c1nnc([S-])n1CC[NH+](C(C)C)C(C)C. The molecule has 1 aromatic rings. The number of rotatable bonds is 6. The topological polar surface area (TPSA) is 35.1 Å². The summed E-state index contributed by atoms with van der Waals surface area (Å²) in [5.41, 5.74) is 0. The van der Waals surface area contributed by atoms with Crippen LogP contribution in [0.4, 0.5) is 0 Å². The van der Waals surface area contributed by atoms with E-state index in [1.807, 2.05) is 0 Å². The van der Waals surface area contributed by atoms with E-state index >= 15 is 0 Å². The zero-order chi connectivity index (χ0) is 13.9. The first kappa shape index (κ1) is 15.4. The molecule has 0 aliphatic rings. The Balaban J connectivity index is 2.76. The molecule has 5 heteroatoms. The van der Waals surface area contributed by atoms with Crippen LogP contribution in [0.1, 0.15) is 53.3 Å². The summed E-state index contributed by atoms with van der Waals surface area (Å²) in [6.07, 6.45) is 0. The molecule has 104 valence electrons. The number of quaternary nitrogens is 1. The Labute approximate surface area is 116 Å². The number of hydrogen-bond acceptors (Lipinski definition) is 3. The van der Waals surface area contributed by atoms with Gasteiger partial charge in [0.1, 0.15) is 5.82 Å². The first-order valence-electron chi connectivity index (χ1n) is 6.80. The lowest BCUT2D eigenvalue weighted by Gasteiger charge is -2.28. The van der Waals surface area contributed by atoms with E-state index in [0.717, 1.165) is 18.9 Å². The van der Waals surface area contributed by atoms with Crippen molar-refractivity contribution in [2.24, 2.45) is 0 Å². The minimum absolute atomic E-state index is 0.371. The van der Waals surface area contributed by atoms with Gasteiger partial charge < -0.3 is 22.1 Å². The minimum Gasteiger partial charge on any atom is -0.740 e. The molecule has 0 bridgehead atoms. The van der Waals surface area contributed by atoms with Gasteiger partial charge in [0, 0.05) is 11.1 Å². The fraction of sp³-hybridized carbons (Fsp3) is 0.846. The molecule has 0 aliphatic heterocycles. The fourth-order valence-electron chi connectivity index (χ4n) is 2.42. The van der Waals surface area contributed by atoms with Crippen LogP contribution < -0.4 is 4.90 Å². The zero-order valence-electron chi connectivity index (χ0n) is 12.4. The largest absolute Gasteiger partial charge is 0.740 e. The van der Waals surface area contributed by atoms with Gasteiger partial charge in [0.2, 0.25) is 0 Å². The molecule has 18 heavy (non-hydrogen) atoms. The number of nitrogens with zero attached hydrogens (tertiary/aromatic N) is 3. The predicted molar refractivity (Wildman–Crippen MR) is 75.8 cm³/mol. The molecule has 1 N–H and O–H groups in total. The molecule has 1 aromatic heterocycles. The normalized spacial score (nSPS) is 12.3. The van der Waals surface area contributed by atoms with Crippen molar-refractivity contribution in [3.05, 3.63) is 5.82 Å². The van der Waals surface area contributed by atoms with E-state index in [1.165, 1.54) is 0 Å². The lowest BCUT2D eigenvalue weighted by Crippen LogP contribution is -3.18. The molecule has 0 radical (unpaired) electrons. The van der Waals surface area contributed by atoms with Crippen molar-refractivity contribution in [1.29, 1.82) is 0 Å². The maximum absolute atomic E-state index is 5.26. The average Bonchev–Trinajstić information content (AvgIpc) is 2.59. The zero-order valence-corrected chi connectivity index (χ0v) is 13.2. The summed E-state index contributed by atoms with van der Waals surface area (Å²) in [6.45, 7) is 15.3. The van der Waals surface area contributed by atoms with Crippen LogP contribution in [0.25, 0.3) is 0 Å². The Morgan fingerprint density at radius 1 is 1.06 bits per heavy atom. The highest BCUT2D eigenvalue weighted by atomic mass is 32.1. The molecule has 0 saturated heterocycles. The van der Waals surface area contributed by atoms with Gasteiger partial charge >= 0.3 is 0 Å². The maximum atomic E-state index is 5.26. The molecule has 0 saturated carbocycles. The molecular formula is C13H26N4S. The van der Waals surface area contributed by atoms with E-state index in [9.17, 15) is 0 Å². The third kappa shape index (κ3) is 3.65. The molecule has 0 aliphatic carbocycles. The summed E-state index contributed by atoms with van der Waals surface area (Å²) in [7, 11) is 0. The van der Waals surface area contributed by atoms with Crippen LogP contribution in [0.15, 0.2) is 5.16 Å². The molecule has 4 nitrogen and oxygen atoms in total. The monoisotopic (exact) mass is 270 g/mol. The van der Waals surface area contributed by atoms with Gasteiger partial charge in [0.15, 0.2) is 0 Å². The highest BCUT2D eigenvalue weighted by Crippen LogP contribution is 2.12. The van der Waals surface area contributed by atoms with Crippen molar-refractivity contribution < 1.29 is 4.90 Å². The Morgan fingerprint density at radius 3 is 2.06 bits per heavy atom. The third-order valence-electron chi connectivity index (χ3n) is 3.37. The van der Waals surface area contributed by atoms with E-state index in [-0.39, 0.29) is 0 Å². The summed E-state index contributed by atoms with van der Waals surface area (Å²) >= 11 is 5.26. The van der Waals surface area contributed by atoms with E-state index in [1.54, 1.807) is 4.90 Å². The van der Waals surface area contributed by atoms with Crippen molar-refractivity contribution in [2.75, 3.05) is 6.54 Å². The Kier molecular flexibility index (Phi) is 5.53. The molecule has 1 heterocycles. The molecule has 1 rings (SSSR count).